The first-order valence-corrected chi connectivity index (χ1v) is 6.26. The number of rotatable bonds is 3. The lowest BCUT2D eigenvalue weighted by Gasteiger charge is -2.11. The predicted octanol–water partition coefficient (Wildman–Crippen LogP) is 4.43. The Morgan fingerprint density at radius 1 is 1.33 bits per heavy atom. The van der Waals surface area contributed by atoms with Crippen molar-refractivity contribution in [2.24, 2.45) is 0 Å². The summed E-state index contributed by atoms with van der Waals surface area (Å²) >= 11 is 7.25. The maximum Gasteiger partial charge on any atom is 0.416 e. The molecule has 0 amide bonds. The fourth-order valence-corrected chi connectivity index (χ4v) is 2.15. The van der Waals surface area contributed by atoms with Crippen LogP contribution in [0.15, 0.2) is 29.1 Å². The Bertz CT molecular complexity index is 526. The normalized spacial score (nSPS) is 11.6. The Kier molecular flexibility index (Phi) is 3.77. The number of aromatic nitrogens is 1. The van der Waals surface area contributed by atoms with E-state index in [9.17, 15) is 13.2 Å². The zero-order valence-electron chi connectivity index (χ0n) is 8.96. The molecular weight excluding hydrogens is 285 g/mol. The van der Waals surface area contributed by atoms with E-state index in [1.165, 1.54) is 17.4 Å². The summed E-state index contributed by atoms with van der Waals surface area (Å²) < 4.78 is 37.3. The zero-order chi connectivity index (χ0) is 13.2. The molecule has 0 radical (unpaired) electrons. The second kappa shape index (κ2) is 5.16. The Hall–Kier alpha value is -1.27. The van der Waals surface area contributed by atoms with Crippen molar-refractivity contribution in [2.75, 3.05) is 5.32 Å². The van der Waals surface area contributed by atoms with Gasteiger partial charge < -0.3 is 5.32 Å². The Morgan fingerprint density at radius 2 is 2.11 bits per heavy atom. The number of hydrogen-bond donors (Lipinski definition) is 1. The van der Waals surface area contributed by atoms with Gasteiger partial charge in [0, 0.05) is 5.38 Å². The number of alkyl halides is 3. The number of thiazole rings is 1. The van der Waals surface area contributed by atoms with E-state index < -0.39 is 11.7 Å². The van der Waals surface area contributed by atoms with Crippen molar-refractivity contribution < 1.29 is 13.2 Å². The fourth-order valence-electron chi connectivity index (χ4n) is 1.35. The Morgan fingerprint density at radius 3 is 2.67 bits per heavy atom. The topological polar surface area (TPSA) is 24.9 Å². The van der Waals surface area contributed by atoms with Crippen LogP contribution in [0, 0.1) is 0 Å². The van der Waals surface area contributed by atoms with Crippen LogP contribution in [0.5, 0.6) is 0 Å². The van der Waals surface area contributed by atoms with E-state index in [1.54, 1.807) is 5.51 Å². The van der Waals surface area contributed by atoms with E-state index in [4.69, 9.17) is 11.6 Å². The van der Waals surface area contributed by atoms with Gasteiger partial charge in [-0.2, -0.15) is 13.2 Å². The molecule has 0 aliphatic rings. The lowest BCUT2D eigenvalue weighted by Crippen LogP contribution is -2.06. The van der Waals surface area contributed by atoms with Crippen LogP contribution in [0.3, 0.4) is 0 Å². The minimum absolute atomic E-state index is 0.0417. The average molecular weight is 293 g/mol. The van der Waals surface area contributed by atoms with Crippen LogP contribution in [-0.4, -0.2) is 4.98 Å². The first kappa shape index (κ1) is 13.2. The van der Waals surface area contributed by atoms with Gasteiger partial charge in [-0.3, -0.25) is 0 Å². The third kappa shape index (κ3) is 3.14. The van der Waals surface area contributed by atoms with Crippen LogP contribution in [0.1, 0.15) is 11.3 Å². The van der Waals surface area contributed by atoms with Crippen molar-refractivity contribution in [3.63, 3.8) is 0 Å². The predicted molar refractivity (Wildman–Crippen MR) is 65.9 cm³/mol. The second-order valence-electron chi connectivity index (χ2n) is 3.53. The SMILES string of the molecule is FC(F)(F)c1ccc(NCc2cscn2)c(Cl)c1. The number of anilines is 1. The molecule has 18 heavy (non-hydrogen) atoms. The van der Waals surface area contributed by atoms with Gasteiger partial charge >= 0.3 is 6.18 Å². The van der Waals surface area contributed by atoms with Gasteiger partial charge in [0.1, 0.15) is 0 Å². The molecule has 0 atom stereocenters. The van der Waals surface area contributed by atoms with Gasteiger partial charge in [-0.05, 0) is 18.2 Å². The number of hydrogen-bond acceptors (Lipinski definition) is 3. The van der Waals surface area contributed by atoms with Crippen LogP contribution < -0.4 is 5.32 Å². The van der Waals surface area contributed by atoms with Crippen molar-refractivity contribution in [3.05, 3.63) is 45.4 Å². The fraction of sp³-hybridized carbons (Fsp3) is 0.182. The Balaban J connectivity index is 2.10. The lowest BCUT2D eigenvalue weighted by molar-refractivity contribution is -0.137. The van der Waals surface area contributed by atoms with Crippen LogP contribution >= 0.6 is 22.9 Å². The molecule has 1 heterocycles. The molecular formula is C11H8ClF3N2S. The van der Waals surface area contributed by atoms with Gasteiger partial charge in [0.25, 0.3) is 0 Å². The molecule has 0 fully saturated rings. The van der Waals surface area contributed by atoms with Gasteiger partial charge in [-0.25, -0.2) is 4.98 Å². The van der Waals surface area contributed by atoms with Crippen LogP contribution in [0.2, 0.25) is 5.02 Å². The van der Waals surface area contributed by atoms with Crippen molar-refractivity contribution in [2.45, 2.75) is 12.7 Å². The van der Waals surface area contributed by atoms with Gasteiger partial charge in [0.05, 0.1) is 34.0 Å². The van der Waals surface area contributed by atoms with Crippen LogP contribution in [0.25, 0.3) is 0 Å². The number of nitrogens with zero attached hydrogens (tertiary/aromatic N) is 1. The highest BCUT2D eigenvalue weighted by molar-refractivity contribution is 7.07. The largest absolute Gasteiger partial charge is 0.416 e. The van der Waals surface area contributed by atoms with Crippen molar-refractivity contribution in [1.82, 2.24) is 4.98 Å². The van der Waals surface area contributed by atoms with E-state index >= 15 is 0 Å². The molecule has 1 aromatic carbocycles. The summed E-state index contributed by atoms with van der Waals surface area (Å²) in [4.78, 5) is 4.05. The summed E-state index contributed by atoms with van der Waals surface area (Å²) in [6.45, 7) is 0.425. The number of nitrogens with one attached hydrogen (secondary N) is 1. The summed E-state index contributed by atoms with van der Waals surface area (Å²) in [6, 6.07) is 3.22. The minimum Gasteiger partial charge on any atom is -0.378 e. The van der Waals surface area contributed by atoms with Gasteiger partial charge in [0.15, 0.2) is 0 Å². The smallest absolute Gasteiger partial charge is 0.378 e. The van der Waals surface area contributed by atoms with Gasteiger partial charge in [0.2, 0.25) is 0 Å². The molecule has 7 heteroatoms. The quantitative estimate of drug-likeness (QED) is 0.905. The number of benzene rings is 1. The Labute approximate surface area is 110 Å². The highest BCUT2D eigenvalue weighted by Crippen LogP contribution is 2.33. The summed E-state index contributed by atoms with van der Waals surface area (Å²) in [5.74, 6) is 0. The molecule has 1 aromatic heterocycles. The molecule has 0 saturated heterocycles. The number of halogens is 4. The zero-order valence-corrected chi connectivity index (χ0v) is 10.5. The standard InChI is InChI=1S/C11H8ClF3N2S/c12-9-3-7(11(13,14)15)1-2-10(9)16-4-8-5-18-6-17-8/h1-3,5-6,16H,4H2. The third-order valence-electron chi connectivity index (χ3n) is 2.24. The highest BCUT2D eigenvalue weighted by Gasteiger charge is 2.30. The second-order valence-corrected chi connectivity index (χ2v) is 4.65. The third-order valence-corrected chi connectivity index (χ3v) is 3.19. The van der Waals surface area contributed by atoms with E-state index in [2.05, 4.69) is 10.3 Å². The van der Waals surface area contributed by atoms with E-state index in [0.29, 0.717) is 12.2 Å². The molecule has 1 N–H and O–H groups in total. The molecule has 0 unspecified atom stereocenters. The summed E-state index contributed by atoms with van der Waals surface area (Å²) in [5.41, 5.74) is 2.20. The first-order chi connectivity index (χ1) is 8.47. The van der Waals surface area contributed by atoms with E-state index in [0.717, 1.165) is 17.8 Å². The van der Waals surface area contributed by atoms with Crippen molar-refractivity contribution in [1.29, 1.82) is 0 Å². The maximum atomic E-state index is 12.4. The average Bonchev–Trinajstić information content (AvgIpc) is 2.79. The molecule has 2 aromatic rings. The summed E-state index contributed by atoms with van der Waals surface area (Å²) in [5, 5.41) is 4.83. The van der Waals surface area contributed by atoms with Crippen LogP contribution in [-0.2, 0) is 12.7 Å². The molecule has 0 aliphatic heterocycles. The summed E-state index contributed by atoms with van der Waals surface area (Å²) in [6.07, 6.45) is -4.38. The monoisotopic (exact) mass is 292 g/mol. The first-order valence-electron chi connectivity index (χ1n) is 4.94. The van der Waals surface area contributed by atoms with Crippen molar-refractivity contribution in [3.8, 4) is 0 Å². The molecule has 0 spiro atoms. The van der Waals surface area contributed by atoms with Crippen molar-refractivity contribution >= 4 is 28.6 Å². The summed E-state index contributed by atoms with van der Waals surface area (Å²) in [7, 11) is 0. The molecule has 0 saturated carbocycles. The molecule has 2 nitrogen and oxygen atoms in total. The van der Waals surface area contributed by atoms with E-state index in [-0.39, 0.29) is 5.02 Å². The maximum absolute atomic E-state index is 12.4. The van der Waals surface area contributed by atoms with Gasteiger partial charge in [-0.15, -0.1) is 11.3 Å². The molecule has 2 rings (SSSR count). The van der Waals surface area contributed by atoms with Crippen LogP contribution in [0.4, 0.5) is 18.9 Å². The minimum atomic E-state index is -4.38. The molecule has 0 bridgehead atoms. The van der Waals surface area contributed by atoms with E-state index in [1.807, 2.05) is 5.38 Å². The lowest BCUT2D eigenvalue weighted by atomic mass is 10.2. The van der Waals surface area contributed by atoms with Gasteiger partial charge in [-0.1, -0.05) is 11.6 Å². The molecule has 96 valence electrons. The molecule has 0 aliphatic carbocycles. The highest BCUT2D eigenvalue weighted by atomic mass is 35.5.